The molecule has 3 nitrogen and oxygen atoms in total. The van der Waals surface area contributed by atoms with E-state index in [1.807, 2.05) is 18.2 Å². The van der Waals surface area contributed by atoms with Crippen LogP contribution in [-0.2, 0) is 0 Å². The maximum atomic E-state index is 5.23. The normalized spacial score (nSPS) is 16.8. The average molecular weight is 262 g/mol. The van der Waals surface area contributed by atoms with Gasteiger partial charge in [0.15, 0.2) is 5.13 Å². The zero-order valence-electron chi connectivity index (χ0n) is 10.8. The molecule has 96 valence electrons. The van der Waals surface area contributed by atoms with Crippen molar-refractivity contribution in [3.63, 3.8) is 0 Å². The van der Waals surface area contributed by atoms with E-state index >= 15 is 0 Å². The van der Waals surface area contributed by atoms with Crippen LogP contribution in [0.4, 0.5) is 5.13 Å². The minimum atomic E-state index is 0.514. The highest BCUT2D eigenvalue weighted by atomic mass is 32.1. The Kier molecular flexibility index (Phi) is 3.12. The van der Waals surface area contributed by atoms with Crippen LogP contribution in [0.3, 0.4) is 0 Å². The van der Waals surface area contributed by atoms with E-state index in [4.69, 9.17) is 4.74 Å². The lowest BCUT2D eigenvalue weighted by Gasteiger charge is -2.11. The van der Waals surface area contributed by atoms with E-state index < -0.39 is 0 Å². The third-order valence-corrected chi connectivity index (χ3v) is 4.30. The fourth-order valence-electron chi connectivity index (χ4n) is 2.22. The topological polar surface area (TPSA) is 34.1 Å². The third kappa shape index (κ3) is 2.58. The fraction of sp³-hybridized carbons (Fsp3) is 0.500. The van der Waals surface area contributed by atoms with Crippen molar-refractivity contribution in [1.82, 2.24) is 4.98 Å². The van der Waals surface area contributed by atoms with Gasteiger partial charge >= 0.3 is 0 Å². The van der Waals surface area contributed by atoms with Crippen LogP contribution in [0, 0.1) is 5.92 Å². The van der Waals surface area contributed by atoms with E-state index in [0.29, 0.717) is 6.04 Å². The number of benzene rings is 1. The van der Waals surface area contributed by atoms with Gasteiger partial charge in [-0.1, -0.05) is 24.2 Å². The van der Waals surface area contributed by atoms with Crippen molar-refractivity contribution in [2.45, 2.75) is 32.2 Å². The molecule has 1 atom stereocenters. The average Bonchev–Trinajstić information content (AvgIpc) is 3.06. The number of thiazole rings is 1. The first-order valence-corrected chi connectivity index (χ1v) is 7.27. The highest BCUT2D eigenvalue weighted by molar-refractivity contribution is 7.22. The number of hydrogen-bond acceptors (Lipinski definition) is 4. The summed E-state index contributed by atoms with van der Waals surface area (Å²) in [5.41, 5.74) is 1.04. The second-order valence-corrected chi connectivity index (χ2v) is 6.11. The number of nitrogens with zero attached hydrogens (tertiary/aromatic N) is 1. The van der Waals surface area contributed by atoms with Gasteiger partial charge in [0.2, 0.25) is 0 Å². The number of aromatic nitrogens is 1. The Morgan fingerprint density at radius 1 is 1.50 bits per heavy atom. The van der Waals surface area contributed by atoms with Gasteiger partial charge in [-0.3, -0.25) is 0 Å². The van der Waals surface area contributed by atoms with Crippen molar-refractivity contribution in [3.8, 4) is 5.75 Å². The molecule has 18 heavy (non-hydrogen) atoms. The minimum absolute atomic E-state index is 0.514. The number of fused-ring (bicyclic) bond motifs is 1. The Morgan fingerprint density at radius 2 is 2.33 bits per heavy atom. The maximum absolute atomic E-state index is 5.23. The van der Waals surface area contributed by atoms with E-state index in [9.17, 15) is 0 Å². The van der Waals surface area contributed by atoms with E-state index in [0.717, 1.165) is 22.3 Å². The van der Waals surface area contributed by atoms with Crippen molar-refractivity contribution in [3.05, 3.63) is 18.2 Å². The predicted octanol–water partition coefficient (Wildman–Crippen LogP) is 3.91. The first kappa shape index (κ1) is 11.8. The Balaban J connectivity index is 1.75. The molecule has 1 fully saturated rings. The van der Waals surface area contributed by atoms with Gasteiger partial charge < -0.3 is 10.1 Å². The van der Waals surface area contributed by atoms with Crippen LogP contribution < -0.4 is 10.1 Å². The molecule has 1 aliphatic rings. The van der Waals surface area contributed by atoms with Crippen LogP contribution in [0.25, 0.3) is 10.2 Å². The van der Waals surface area contributed by atoms with E-state index in [-0.39, 0.29) is 0 Å². The molecule has 0 spiro atoms. The zero-order valence-corrected chi connectivity index (χ0v) is 11.6. The fourth-order valence-corrected chi connectivity index (χ4v) is 3.22. The number of rotatable bonds is 5. The molecule has 3 rings (SSSR count). The lowest BCUT2D eigenvalue weighted by Crippen LogP contribution is -2.15. The predicted molar refractivity (Wildman–Crippen MR) is 76.6 cm³/mol. The van der Waals surface area contributed by atoms with E-state index in [2.05, 4.69) is 17.2 Å². The summed E-state index contributed by atoms with van der Waals surface area (Å²) < 4.78 is 6.41. The largest absolute Gasteiger partial charge is 0.497 e. The molecule has 1 aliphatic carbocycles. The molecule has 1 heterocycles. The smallest absolute Gasteiger partial charge is 0.184 e. The first-order valence-electron chi connectivity index (χ1n) is 6.45. The standard InChI is InChI=1S/C14H18N2OS/c1-9(7-10-3-4-10)15-14-16-12-6-5-11(17-2)8-13(12)18-14/h5-6,8-10H,3-4,7H2,1-2H3,(H,15,16). The molecule has 1 saturated carbocycles. The lowest BCUT2D eigenvalue weighted by molar-refractivity contribution is 0.415. The first-order chi connectivity index (χ1) is 8.74. The molecular formula is C14H18N2OS. The molecular weight excluding hydrogens is 244 g/mol. The summed E-state index contributed by atoms with van der Waals surface area (Å²) >= 11 is 1.70. The molecule has 1 unspecified atom stereocenters. The third-order valence-electron chi connectivity index (χ3n) is 3.35. The summed E-state index contributed by atoms with van der Waals surface area (Å²) in [7, 11) is 1.69. The molecule has 0 saturated heterocycles. The van der Waals surface area contributed by atoms with Crippen LogP contribution in [0.2, 0.25) is 0 Å². The van der Waals surface area contributed by atoms with Gasteiger partial charge in [-0.05, 0) is 37.5 Å². The van der Waals surface area contributed by atoms with Gasteiger partial charge in [0.25, 0.3) is 0 Å². The highest BCUT2D eigenvalue weighted by Crippen LogP contribution is 2.35. The Morgan fingerprint density at radius 3 is 3.06 bits per heavy atom. The molecule has 0 amide bonds. The molecule has 0 bridgehead atoms. The summed E-state index contributed by atoms with van der Waals surface area (Å²) in [6.45, 7) is 2.24. The minimum Gasteiger partial charge on any atom is -0.497 e. The quantitative estimate of drug-likeness (QED) is 0.887. The van der Waals surface area contributed by atoms with Gasteiger partial charge in [0.1, 0.15) is 5.75 Å². The molecule has 4 heteroatoms. The van der Waals surface area contributed by atoms with Gasteiger partial charge in [-0.25, -0.2) is 4.98 Å². The molecule has 1 aromatic heterocycles. The van der Waals surface area contributed by atoms with Crippen LogP contribution in [0.5, 0.6) is 5.75 Å². The van der Waals surface area contributed by atoms with E-state index in [1.54, 1.807) is 18.4 Å². The molecule has 0 aliphatic heterocycles. The summed E-state index contributed by atoms with van der Waals surface area (Å²) in [5, 5.41) is 4.53. The molecule has 1 N–H and O–H groups in total. The van der Waals surface area contributed by atoms with Crippen LogP contribution in [0.1, 0.15) is 26.2 Å². The summed E-state index contributed by atoms with van der Waals surface area (Å²) in [4.78, 5) is 4.61. The van der Waals surface area contributed by atoms with Gasteiger partial charge in [-0.2, -0.15) is 0 Å². The Bertz CT molecular complexity index is 548. The van der Waals surface area contributed by atoms with Gasteiger partial charge in [0.05, 0.1) is 17.3 Å². The van der Waals surface area contributed by atoms with Crippen molar-refractivity contribution in [2.24, 2.45) is 5.92 Å². The number of anilines is 1. The van der Waals surface area contributed by atoms with Crippen LogP contribution in [-0.4, -0.2) is 18.1 Å². The van der Waals surface area contributed by atoms with E-state index in [1.165, 1.54) is 24.0 Å². The van der Waals surface area contributed by atoms with Gasteiger partial charge in [-0.15, -0.1) is 0 Å². The van der Waals surface area contributed by atoms with Crippen LogP contribution >= 0.6 is 11.3 Å². The number of hydrogen-bond donors (Lipinski definition) is 1. The molecule has 1 aromatic carbocycles. The Hall–Kier alpha value is -1.29. The SMILES string of the molecule is COc1ccc2nc(NC(C)CC3CC3)sc2c1. The number of nitrogens with one attached hydrogen (secondary N) is 1. The number of methoxy groups -OCH3 is 1. The van der Waals surface area contributed by atoms with Gasteiger partial charge in [0, 0.05) is 6.04 Å². The second kappa shape index (κ2) is 4.76. The second-order valence-electron chi connectivity index (χ2n) is 5.08. The monoisotopic (exact) mass is 262 g/mol. The molecule has 0 radical (unpaired) electrons. The van der Waals surface area contributed by atoms with Crippen molar-refractivity contribution in [2.75, 3.05) is 12.4 Å². The lowest BCUT2D eigenvalue weighted by atomic mass is 10.2. The Labute approximate surface area is 111 Å². The number of ether oxygens (including phenoxy) is 1. The summed E-state index contributed by atoms with van der Waals surface area (Å²) in [6.07, 6.45) is 4.07. The highest BCUT2D eigenvalue weighted by Gasteiger charge is 2.23. The zero-order chi connectivity index (χ0) is 12.5. The van der Waals surface area contributed by atoms with Crippen molar-refractivity contribution >= 4 is 26.7 Å². The summed E-state index contributed by atoms with van der Waals surface area (Å²) in [5.74, 6) is 1.84. The summed E-state index contributed by atoms with van der Waals surface area (Å²) in [6, 6.07) is 6.53. The maximum Gasteiger partial charge on any atom is 0.184 e. The van der Waals surface area contributed by atoms with Crippen LogP contribution in [0.15, 0.2) is 18.2 Å². The molecule has 2 aromatic rings. The van der Waals surface area contributed by atoms with Crippen molar-refractivity contribution in [1.29, 1.82) is 0 Å². The van der Waals surface area contributed by atoms with Crippen molar-refractivity contribution < 1.29 is 4.74 Å².